The van der Waals surface area contributed by atoms with Crippen molar-refractivity contribution in [3.63, 3.8) is 0 Å². The number of hydrogen-bond acceptors (Lipinski definition) is 0. The standard InChI is InChI=1S/C14H26/c1-2-3-4-5-6-7-8-9-10-12-13-11-14(12)13/h12-14H,2-11H2,1H3. The van der Waals surface area contributed by atoms with Crippen LogP contribution in [0.5, 0.6) is 0 Å². The molecule has 2 aliphatic carbocycles. The van der Waals surface area contributed by atoms with E-state index >= 15 is 0 Å². The monoisotopic (exact) mass is 194 g/mol. The predicted octanol–water partition coefficient (Wildman–Crippen LogP) is 4.78. The summed E-state index contributed by atoms with van der Waals surface area (Å²) in [6.07, 6.45) is 15.0. The van der Waals surface area contributed by atoms with Gasteiger partial charge in [0.05, 0.1) is 0 Å². The molecule has 0 aromatic carbocycles. The van der Waals surface area contributed by atoms with Gasteiger partial charge in [-0.3, -0.25) is 0 Å². The second-order valence-electron chi connectivity index (χ2n) is 5.49. The smallest absolute Gasteiger partial charge is 0.0349 e. The fourth-order valence-corrected chi connectivity index (χ4v) is 2.86. The van der Waals surface area contributed by atoms with Crippen LogP contribution in [0, 0.1) is 17.8 Å². The fourth-order valence-electron chi connectivity index (χ4n) is 2.86. The van der Waals surface area contributed by atoms with Crippen LogP contribution in [-0.4, -0.2) is 0 Å². The maximum atomic E-state index is 2.29. The zero-order chi connectivity index (χ0) is 9.80. The van der Waals surface area contributed by atoms with Gasteiger partial charge in [-0.25, -0.2) is 0 Å². The summed E-state index contributed by atoms with van der Waals surface area (Å²) >= 11 is 0. The van der Waals surface area contributed by atoms with Crippen molar-refractivity contribution in [1.82, 2.24) is 0 Å². The van der Waals surface area contributed by atoms with Crippen LogP contribution in [0.1, 0.15) is 71.1 Å². The van der Waals surface area contributed by atoms with Crippen molar-refractivity contribution in [3.8, 4) is 0 Å². The van der Waals surface area contributed by atoms with E-state index in [2.05, 4.69) is 6.92 Å². The van der Waals surface area contributed by atoms with Crippen molar-refractivity contribution >= 4 is 0 Å². The Kier molecular flexibility index (Phi) is 3.89. The van der Waals surface area contributed by atoms with Crippen LogP contribution in [-0.2, 0) is 0 Å². The van der Waals surface area contributed by atoms with Gasteiger partial charge in [0.25, 0.3) is 0 Å². The van der Waals surface area contributed by atoms with E-state index in [0.717, 1.165) is 0 Å². The summed E-state index contributed by atoms with van der Waals surface area (Å²) in [6.45, 7) is 2.29. The van der Waals surface area contributed by atoms with Crippen LogP contribution in [0.2, 0.25) is 0 Å². The first-order valence-electron chi connectivity index (χ1n) is 6.93. The summed E-state index contributed by atoms with van der Waals surface area (Å²) in [7, 11) is 0. The van der Waals surface area contributed by atoms with Gasteiger partial charge in [-0.05, 0) is 30.6 Å². The number of unbranched alkanes of at least 4 members (excludes halogenated alkanes) is 7. The topological polar surface area (TPSA) is 0 Å². The molecule has 2 rings (SSSR count). The summed E-state index contributed by atoms with van der Waals surface area (Å²) in [5, 5.41) is 0. The lowest BCUT2D eigenvalue weighted by molar-refractivity contribution is 0.501. The molecular formula is C14H26. The van der Waals surface area contributed by atoms with Crippen LogP contribution in [0.15, 0.2) is 0 Å². The highest BCUT2D eigenvalue weighted by atomic mass is 14.7. The zero-order valence-corrected chi connectivity index (χ0v) is 9.80. The van der Waals surface area contributed by atoms with Crippen LogP contribution in [0.3, 0.4) is 0 Å². The van der Waals surface area contributed by atoms with Gasteiger partial charge in [-0.1, -0.05) is 58.3 Å². The van der Waals surface area contributed by atoms with Gasteiger partial charge in [0.2, 0.25) is 0 Å². The highest BCUT2D eigenvalue weighted by molar-refractivity contribution is 5.11. The number of fused-ring (bicyclic) bond motifs is 1. The minimum atomic E-state index is 1.22. The van der Waals surface area contributed by atoms with Crippen molar-refractivity contribution in [2.75, 3.05) is 0 Å². The van der Waals surface area contributed by atoms with Gasteiger partial charge < -0.3 is 0 Å². The third-order valence-electron chi connectivity index (χ3n) is 4.24. The highest BCUT2D eigenvalue weighted by Crippen LogP contribution is 2.69. The molecule has 0 aliphatic heterocycles. The second-order valence-corrected chi connectivity index (χ2v) is 5.49. The fraction of sp³-hybridized carbons (Fsp3) is 1.00. The molecule has 2 atom stereocenters. The van der Waals surface area contributed by atoms with Gasteiger partial charge in [-0.15, -0.1) is 0 Å². The van der Waals surface area contributed by atoms with E-state index in [1.54, 1.807) is 12.8 Å². The van der Waals surface area contributed by atoms with Gasteiger partial charge in [-0.2, -0.15) is 0 Å². The van der Waals surface area contributed by atoms with Gasteiger partial charge in [0.15, 0.2) is 0 Å². The SMILES string of the molecule is CCCCCCCCCCC1C2CC12. The minimum absolute atomic E-state index is 1.22. The Bertz CT molecular complexity index is 153. The van der Waals surface area contributed by atoms with E-state index in [1.807, 2.05) is 0 Å². The van der Waals surface area contributed by atoms with Gasteiger partial charge in [0.1, 0.15) is 0 Å². The molecule has 0 amide bonds. The lowest BCUT2D eigenvalue weighted by Crippen LogP contribution is -1.88. The molecular weight excluding hydrogens is 168 g/mol. The molecule has 0 heterocycles. The quantitative estimate of drug-likeness (QED) is 0.463. The molecule has 0 bridgehead atoms. The summed E-state index contributed by atoms with van der Waals surface area (Å²) in [6, 6.07) is 0. The summed E-state index contributed by atoms with van der Waals surface area (Å²) < 4.78 is 0. The Hall–Kier alpha value is 0. The first-order valence-corrected chi connectivity index (χ1v) is 6.93. The van der Waals surface area contributed by atoms with E-state index in [0.29, 0.717) is 0 Å². The summed E-state index contributed by atoms with van der Waals surface area (Å²) in [5.74, 6) is 3.69. The second kappa shape index (κ2) is 5.19. The Morgan fingerprint density at radius 2 is 1.36 bits per heavy atom. The molecule has 82 valence electrons. The van der Waals surface area contributed by atoms with Gasteiger partial charge >= 0.3 is 0 Å². The molecule has 2 saturated carbocycles. The van der Waals surface area contributed by atoms with E-state index in [4.69, 9.17) is 0 Å². The molecule has 0 spiro atoms. The molecule has 0 aromatic rings. The van der Waals surface area contributed by atoms with E-state index in [1.165, 1.54) is 69.1 Å². The first kappa shape index (κ1) is 10.5. The minimum Gasteiger partial charge on any atom is -0.0654 e. The molecule has 0 nitrogen and oxygen atoms in total. The normalized spacial score (nSPS) is 32.8. The maximum absolute atomic E-state index is 2.29. The maximum Gasteiger partial charge on any atom is -0.0349 e. The van der Waals surface area contributed by atoms with Crippen molar-refractivity contribution < 1.29 is 0 Å². The predicted molar refractivity (Wildman–Crippen MR) is 62.3 cm³/mol. The first-order chi connectivity index (χ1) is 6.93. The Morgan fingerprint density at radius 3 is 1.86 bits per heavy atom. The molecule has 0 saturated heterocycles. The third kappa shape index (κ3) is 3.00. The van der Waals surface area contributed by atoms with E-state index in [-0.39, 0.29) is 0 Å². The molecule has 0 radical (unpaired) electrons. The van der Waals surface area contributed by atoms with E-state index < -0.39 is 0 Å². The van der Waals surface area contributed by atoms with Crippen molar-refractivity contribution in [1.29, 1.82) is 0 Å². The molecule has 2 aliphatic rings. The molecule has 0 heteroatoms. The lowest BCUT2D eigenvalue weighted by atomic mass is 10.0. The van der Waals surface area contributed by atoms with Crippen LogP contribution < -0.4 is 0 Å². The molecule has 0 N–H and O–H groups in total. The molecule has 0 aromatic heterocycles. The van der Waals surface area contributed by atoms with Crippen LogP contribution >= 0.6 is 0 Å². The number of hydrogen-bond donors (Lipinski definition) is 0. The highest BCUT2D eigenvalue weighted by Gasteiger charge is 2.62. The number of rotatable bonds is 9. The van der Waals surface area contributed by atoms with Crippen molar-refractivity contribution in [3.05, 3.63) is 0 Å². The Balaban J connectivity index is 1.27. The largest absolute Gasteiger partial charge is 0.0654 e. The molecule has 14 heavy (non-hydrogen) atoms. The third-order valence-corrected chi connectivity index (χ3v) is 4.24. The lowest BCUT2D eigenvalue weighted by Gasteiger charge is -2.03. The van der Waals surface area contributed by atoms with Crippen LogP contribution in [0.25, 0.3) is 0 Å². The average molecular weight is 194 g/mol. The van der Waals surface area contributed by atoms with Crippen LogP contribution in [0.4, 0.5) is 0 Å². The Morgan fingerprint density at radius 1 is 0.786 bits per heavy atom. The van der Waals surface area contributed by atoms with Gasteiger partial charge in [0, 0.05) is 0 Å². The molecule has 2 fully saturated rings. The van der Waals surface area contributed by atoms with E-state index in [9.17, 15) is 0 Å². The molecule has 2 unspecified atom stereocenters. The van der Waals surface area contributed by atoms with Crippen molar-refractivity contribution in [2.24, 2.45) is 17.8 Å². The summed E-state index contributed by atoms with van der Waals surface area (Å²) in [4.78, 5) is 0. The zero-order valence-electron chi connectivity index (χ0n) is 9.80. The van der Waals surface area contributed by atoms with Crippen molar-refractivity contribution in [2.45, 2.75) is 71.1 Å². The summed E-state index contributed by atoms with van der Waals surface area (Å²) in [5.41, 5.74) is 0. The Labute approximate surface area is 89.5 Å². The average Bonchev–Trinajstić information content (AvgIpc) is 3.04.